The third-order valence-corrected chi connectivity index (χ3v) is 6.36. The number of nitrogens with zero attached hydrogens (tertiary/aromatic N) is 3. The van der Waals surface area contributed by atoms with E-state index in [-0.39, 0.29) is 11.3 Å². The average Bonchev–Trinajstić information content (AvgIpc) is 2.97. The molecular formula is C21H21N5OS. The maximum Gasteiger partial charge on any atom is 0.257 e. The SMILES string of the molecule is O=C1Nc2ccccc2SC1Nc1ccc(-c2nnc3n2CCCCC3)cc1. The van der Waals surface area contributed by atoms with Crippen LogP contribution in [0.15, 0.2) is 53.4 Å². The van der Waals surface area contributed by atoms with Gasteiger partial charge in [0.15, 0.2) is 11.2 Å². The Morgan fingerprint density at radius 3 is 2.79 bits per heavy atom. The highest BCUT2D eigenvalue weighted by molar-refractivity contribution is 8.01. The molecule has 7 heteroatoms. The zero-order chi connectivity index (χ0) is 18.9. The molecule has 1 amide bonds. The van der Waals surface area contributed by atoms with E-state index < -0.39 is 0 Å². The van der Waals surface area contributed by atoms with Crippen LogP contribution in [0, 0.1) is 0 Å². The number of rotatable bonds is 3. The van der Waals surface area contributed by atoms with Gasteiger partial charge < -0.3 is 15.2 Å². The Hall–Kier alpha value is -2.80. The molecule has 1 unspecified atom stereocenters. The fraction of sp³-hybridized carbons (Fsp3) is 0.286. The van der Waals surface area contributed by atoms with E-state index in [1.54, 1.807) is 0 Å². The zero-order valence-corrected chi connectivity index (χ0v) is 16.2. The standard InChI is InChI=1S/C21H21N5OS/c27-20-21(28-17-7-4-3-6-16(17)23-20)22-15-11-9-14(10-12-15)19-25-24-18-8-2-1-5-13-26(18)19/h3-4,6-7,9-12,21-22H,1-2,5,8,13H2,(H,23,27). The van der Waals surface area contributed by atoms with Crippen molar-refractivity contribution < 1.29 is 4.79 Å². The Labute approximate surface area is 167 Å². The molecule has 3 aromatic rings. The van der Waals surface area contributed by atoms with Crippen LogP contribution < -0.4 is 10.6 Å². The minimum Gasteiger partial charge on any atom is -0.365 e. The third-order valence-electron chi connectivity index (χ3n) is 5.18. The summed E-state index contributed by atoms with van der Waals surface area (Å²) in [6, 6.07) is 16.0. The van der Waals surface area contributed by atoms with Gasteiger partial charge in [0.25, 0.3) is 5.91 Å². The van der Waals surface area contributed by atoms with E-state index in [2.05, 4.69) is 25.4 Å². The number of carbonyl (C=O) groups is 1. The van der Waals surface area contributed by atoms with E-state index in [1.807, 2.05) is 48.5 Å². The smallest absolute Gasteiger partial charge is 0.257 e. The first-order valence-electron chi connectivity index (χ1n) is 9.63. The van der Waals surface area contributed by atoms with Crippen molar-refractivity contribution in [3.8, 4) is 11.4 Å². The molecule has 0 saturated heterocycles. The van der Waals surface area contributed by atoms with Crippen molar-refractivity contribution in [3.63, 3.8) is 0 Å². The second kappa shape index (κ2) is 7.31. The highest BCUT2D eigenvalue weighted by Crippen LogP contribution is 2.36. The second-order valence-electron chi connectivity index (χ2n) is 7.11. The Bertz CT molecular complexity index is 1010. The van der Waals surface area contributed by atoms with Crippen molar-refractivity contribution in [1.29, 1.82) is 0 Å². The van der Waals surface area contributed by atoms with E-state index in [0.29, 0.717) is 0 Å². The number of carbonyl (C=O) groups excluding carboxylic acids is 1. The molecule has 2 aromatic carbocycles. The molecule has 3 heterocycles. The lowest BCUT2D eigenvalue weighted by Crippen LogP contribution is -2.34. The van der Waals surface area contributed by atoms with Crippen LogP contribution in [0.3, 0.4) is 0 Å². The summed E-state index contributed by atoms with van der Waals surface area (Å²) in [5.74, 6) is 1.99. The molecule has 0 saturated carbocycles. The first-order valence-corrected chi connectivity index (χ1v) is 10.5. The van der Waals surface area contributed by atoms with Crippen molar-refractivity contribution in [2.75, 3.05) is 10.6 Å². The lowest BCUT2D eigenvalue weighted by Gasteiger charge is -2.25. The van der Waals surface area contributed by atoms with Crippen LogP contribution >= 0.6 is 11.8 Å². The summed E-state index contributed by atoms with van der Waals surface area (Å²) in [6.45, 7) is 0.982. The molecule has 1 aromatic heterocycles. The molecule has 142 valence electrons. The molecule has 0 radical (unpaired) electrons. The Morgan fingerprint density at radius 1 is 1.04 bits per heavy atom. The van der Waals surface area contributed by atoms with Crippen LogP contribution in [0.2, 0.25) is 0 Å². The van der Waals surface area contributed by atoms with Gasteiger partial charge in [0.1, 0.15) is 5.82 Å². The van der Waals surface area contributed by atoms with Gasteiger partial charge in [-0.25, -0.2) is 0 Å². The van der Waals surface area contributed by atoms with Gasteiger partial charge in [-0.3, -0.25) is 4.79 Å². The number of aryl methyl sites for hydroxylation is 1. The highest BCUT2D eigenvalue weighted by Gasteiger charge is 2.26. The van der Waals surface area contributed by atoms with Gasteiger partial charge in [-0.05, 0) is 49.2 Å². The minimum atomic E-state index is -0.356. The first kappa shape index (κ1) is 17.3. The van der Waals surface area contributed by atoms with Crippen LogP contribution in [-0.4, -0.2) is 26.0 Å². The fourth-order valence-electron chi connectivity index (χ4n) is 3.71. The number of anilines is 2. The number of fused-ring (bicyclic) bond motifs is 2. The van der Waals surface area contributed by atoms with Gasteiger partial charge >= 0.3 is 0 Å². The molecule has 2 aliphatic heterocycles. The molecule has 6 nitrogen and oxygen atoms in total. The predicted octanol–water partition coefficient (Wildman–Crippen LogP) is 4.15. The second-order valence-corrected chi connectivity index (χ2v) is 8.25. The zero-order valence-electron chi connectivity index (χ0n) is 15.4. The lowest BCUT2D eigenvalue weighted by atomic mass is 10.2. The molecular weight excluding hydrogens is 370 g/mol. The Balaban J connectivity index is 1.34. The number of thioether (sulfide) groups is 1. The van der Waals surface area contributed by atoms with Crippen LogP contribution in [0.25, 0.3) is 11.4 Å². The normalized spacial score (nSPS) is 18.6. The fourth-order valence-corrected chi connectivity index (χ4v) is 4.73. The number of amides is 1. The van der Waals surface area contributed by atoms with E-state index in [9.17, 15) is 4.79 Å². The number of benzene rings is 2. The lowest BCUT2D eigenvalue weighted by molar-refractivity contribution is -0.115. The van der Waals surface area contributed by atoms with Gasteiger partial charge in [0.05, 0.1) is 5.69 Å². The summed E-state index contributed by atoms with van der Waals surface area (Å²) in [7, 11) is 0. The van der Waals surface area contributed by atoms with Crippen LogP contribution in [0.4, 0.5) is 11.4 Å². The van der Waals surface area contributed by atoms with Crippen molar-refractivity contribution in [2.45, 2.75) is 42.5 Å². The topological polar surface area (TPSA) is 71.8 Å². The van der Waals surface area contributed by atoms with Crippen molar-refractivity contribution in [1.82, 2.24) is 14.8 Å². The highest BCUT2D eigenvalue weighted by atomic mass is 32.2. The summed E-state index contributed by atoms with van der Waals surface area (Å²) in [4.78, 5) is 13.5. The number of hydrogen-bond acceptors (Lipinski definition) is 5. The summed E-state index contributed by atoms with van der Waals surface area (Å²) in [5.41, 5.74) is 2.84. The number of aromatic nitrogens is 3. The summed E-state index contributed by atoms with van der Waals surface area (Å²) < 4.78 is 2.25. The van der Waals surface area contributed by atoms with Crippen LogP contribution in [0.1, 0.15) is 25.1 Å². The van der Waals surface area contributed by atoms with Crippen molar-refractivity contribution in [3.05, 3.63) is 54.4 Å². The van der Waals surface area contributed by atoms with Crippen molar-refractivity contribution >= 4 is 29.0 Å². The summed E-state index contributed by atoms with van der Waals surface area (Å²) >= 11 is 1.53. The minimum absolute atomic E-state index is 0.0319. The van der Waals surface area contributed by atoms with E-state index >= 15 is 0 Å². The Morgan fingerprint density at radius 2 is 1.89 bits per heavy atom. The van der Waals surface area contributed by atoms with E-state index in [4.69, 9.17) is 0 Å². The first-order chi connectivity index (χ1) is 13.8. The van der Waals surface area contributed by atoms with Gasteiger partial charge in [0.2, 0.25) is 0 Å². The number of para-hydroxylation sites is 1. The molecule has 2 aliphatic rings. The maximum absolute atomic E-state index is 12.4. The quantitative estimate of drug-likeness (QED) is 0.702. The van der Waals surface area contributed by atoms with Crippen LogP contribution in [0.5, 0.6) is 0 Å². The van der Waals surface area contributed by atoms with Crippen LogP contribution in [-0.2, 0) is 17.8 Å². The van der Waals surface area contributed by atoms with Gasteiger partial charge in [-0.15, -0.1) is 10.2 Å². The Kier molecular flexibility index (Phi) is 4.52. The third kappa shape index (κ3) is 3.26. The molecule has 0 bridgehead atoms. The summed E-state index contributed by atoms with van der Waals surface area (Å²) in [5, 5.41) is 14.7. The molecule has 5 rings (SSSR count). The van der Waals surface area contributed by atoms with E-state index in [1.165, 1.54) is 31.0 Å². The van der Waals surface area contributed by atoms with Gasteiger partial charge in [-0.2, -0.15) is 0 Å². The number of hydrogen-bond donors (Lipinski definition) is 2. The van der Waals surface area contributed by atoms with Gasteiger partial charge in [-0.1, -0.05) is 30.3 Å². The van der Waals surface area contributed by atoms with Crippen molar-refractivity contribution in [2.24, 2.45) is 0 Å². The molecule has 1 atom stereocenters. The molecule has 2 N–H and O–H groups in total. The maximum atomic E-state index is 12.4. The molecule has 0 fully saturated rings. The average molecular weight is 392 g/mol. The largest absolute Gasteiger partial charge is 0.365 e. The molecule has 28 heavy (non-hydrogen) atoms. The summed E-state index contributed by atoms with van der Waals surface area (Å²) in [6.07, 6.45) is 4.61. The molecule has 0 spiro atoms. The molecule has 0 aliphatic carbocycles. The monoisotopic (exact) mass is 391 g/mol. The van der Waals surface area contributed by atoms with Gasteiger partial charge in [0, 0.05) is 29.1 Å². The predicted molar refractivity (Wildman–Crippen MR) is 111 cm³/mol. The van der Waals surface area contributed by atoms with E-state index in [0.717, 1.165) is 46.4 Å². The number of nitrogens with one attached hydrogen (secondary N) is 2.